The quantitative estimate of drug-likeness (QED) is 0.937. The van der Waals surface area contributed by atoms with E-state index in [-0.39, 0.29) is 11.5 Å². The van der Waals surface area contributed by atoms with Crippen LogP contribution in [0.3, 0.4) is 0 Å². The number of methoxy groups -OCH3 is 1. The van der Waals surface area contributed by atoms with Gasteiger partial charge < -0.3 is 15.0 Å². The number of carbonyl (C=O) groups excluding carboxylic acids is 2. The van der Waals surface area contributed by atoms with Gasteiger partial charge in [0.05, 0.1) is 12.7 Å². The van der Waals surface area contributed by atoms with Crippen LogP contribution >= 0.6 is 0 Å². The maximum Gasteiger partial charge on any atom is 0.258 e. The lowest BCUT2D eigenvalue weighted by Crippen LogP contribution is -2.23. The van der Waals surface area contributed by atoms with Gasteiger partial charge in [0.25, 0.3) is 5.91 Å². The fourth-order valence-corrected chi connectivity index (χ4v) is 2.68. The fraction of sp³-hybridized carbons (Fsp3) is 0.222. The van der Waals surface area contributed by atoms with Crippen LogP contribution in [0, 0.1) is 5.82 Å². The van der Waals surface area contributed by atoms with Gasteiger partial charge in [-0.15, -0.1) is 0 Å². The minimum absolute atomic E-state index is 0.0691. The zero-order valence-electron chi connectivity index (χ0n) is 13.2. The zero-order valence-corrected chi connectivity index (χ0v) is 13.2. The highest BCUT2D eigenvalue weighted by Crippen LogP contribution is 2.25. The summed E-state index contributed by atoms with van der Waals surface area (Å²) in [7, 11) is 1.43. The lowest BCUT2D eigenvalue weighted by molar-refractivity contribution is -0.117. The van der Waals surface area contributed by atoms with Crippen molar-refractivity contribution >= 4 is 23.2 Å². The minimum Gasteiger partial charge on any atom is -0.497 e. The van der Waals surface area contributed by atoms with Gasteiger partial charge in [-0.05, 0) is 36.8 Å². The molecule has 1 aliphatic heterocycles. The minimum atomic E-state index is -0.655. The number of hydrogen-bond acceptors (Lipinski definition) is 3. The van der Waals surface area contributed by atoms with E-state index < -0.39 is 11.7 Å². The summed E-state index contributed by atoms with van der Waals surface area (Å²) in [6.45, 7) is 0.670. The van der Waals surface area contributed by atoms with Crippen molar-refractivity contribution in [1.29, 1.82) is 0 Å². The van der Waals surface area contributed by atoms with Gasteiger partial charge in [-0.2, -0.15) is 0 Å². The van der Waals surface area contributed by atoms with E-state index in [0.717, 1.165) is 18.2 Å². The molecule has 0 saturated carbocycles. The van der Waals surface area contributed by atoms with Gasteiger partial charge in [-0.3, -0.25) is 9.59 Å². The van der Waals surface area contributed by atoms with Gasteiger partial charge in [0.1, 0.15) is 11.6 Å². The molecule has 1 fully saturated rings. The molecule has 1 aliphatic rings. The van der Waals surface area contributed by atoms with E-state index in [2.05, 4.69) is 5.32 Å². The molecule has 2 aromatic carbocycles. The summed E-state index contributed by atoms with van der Waals surface area (Å²) in [5, 5.41) is 2.66. The summed E-state index contributed by atoms with van der Waals surface area (Å²) >= 11 is 0. The molecule has 1 heterocycles. The predicted octanol–water partition coefficient (Wildman–Crippen LogP) is 3.21. The highest BCUT2D eigenvalue weighted by Gasteiger charge is 2.22. The normalized spacial score (nSPS) is 13.9. The number of nitrogens with one attached hydrogen (secondary N) is 1. The number of carbonyl (C=O) groups is 2. The number of anilines is 2. The molecule has 1 N–H and O–H groups in total. The van der Waals surface area contributed by atoms with Gasteiger partial charge >= 0.3 is 0 Å². The lowest BCUT2D eigenvalue weighted by atomic mass is 10.1. The number of rotatable bonds is 4. The molecule has 0 aliphatic carbocycles. The van der Waals surface area contributed by atoms with Crippen molar-refractivity contribution in [2.24, 2.45) is 0 Å². The fourth-order valence-electron chi connectivity index (χ4n) is 2.68. The molecule has 0 aromatic heterocycles. The van der Waals surface area contributed by atoms with Crippen LogP contribution in [-0.4, -0.2) is 25.5 Å². The van der Waals surface area contributed by atoms with Crippen LogP contribution in [0.5, 0.6) is 5.75 Å². The van der Waals surface area contributed by atoms with Crippen LogP contribution in [0.15, 0.2) is 42.5 Å². The van der Waals surface area contributed by atoms with Crippen LogP contribution in [0.2, 0.25) is 0 Å². The van der Waals surface area contributed by atoms with Crippen molar-refractivity contribution in [3.63, 3.8) is 0 Å². The molecule has 5 nitrogen and oxygen atoms in total. The average Bonchev–Trinajstić information content (AvgIpc) is 3.01. The van der Waals surface area contributed by atoms with Crippen LogP contribution in [0.25, 0.3) is 0 Å². The van der Waals surface area contributed by atoms with Gasteiger partial charge in [0.15, 0.2) is 0 Å². The molecule has 24 heavy (non-hydrogen) atoms. The Balaban J connectivity index is 1.78. The molecular formula is C18H17FN2O3. The first kappa shape index (κ1) is 16.0. The monoisotopic (exact) mass is 328 g/mol. The SMILES string of the molecule is COc1ccc(C(=O)Nc2cccc(N3CCCC3=O)c2)c(F)c1. The molecule has 0 radical (unpaired) electrons. The first-order valence-corrected chi connectivity index (χ1v) is 7.64. The summed E-state index contributed by atoms with van der Waals surface area (Å²) in [6.07, 6.45) is 1.36. The van der Waals surface area contributed by atoms with Crippen molar-refractivity contribution in [1.82, 2.24) is 0 Å². The summed E-state index contributed by atoms with van der Waals surface area (Å²) in [4.78, 5) is 25.8. The van der Waals surface area contributed by atoms with E-state index in [1.54, 1.807) is 23.1 Å². The highest BCUT2D eigenvalue weighted by molar-refractivity contribution is 6.05. The molecule has 6 heteroatoms. The maximum absolute atomic E-state index is 14.0. The predicted molar refractivity (Wildman–Crippen MR) is 88.9 cm³/mol. The topological polar surface area (TPSA) is 58.6 Å². The summed E-state index contributed by atoms with van der Waals surface area (Å²) < 4.78 is 18.9. The van der Waals surface area contributed by atoms with Gasteiger partial charge in [0, 0.05) is 30.4 Å². The van der Waals surface area contributed by atoms with Crippen LogP contribution in [0.4, 0.5) is 15.8 Å². The molecule has 1 saturated heterocycles. The maximum atomic E-state index is 14.0. The number of nitrogens with zero attached hydrogens (tertiary/aromatic N) is 1. The van der Waals surface area contributed by atoms with Crippen LogP contribution in [0.1, 0.15) is 23.2 Å². The van der Waals surface area contributed by atoms with Crippen molar-refractivity contribution in [2.75, 3.05) is 23.9 Å². The van der Waals surface area contributed by atoms with E-state index in [1.165, 1.54) is 19.2 Å². The molecule has 0 bridgehead atoms. The number of halogens is 1. The third kappa shape index (κ3) is 3.22. The molecule has 2 aromatic rings. The van der Waals surface area contributed by atoms with Crippen molar-refractivity contribution in [3.8, 4) is 5.75 Å². The Hall–Kier alpha value is -2.89. The Morgan fingerprint density at radius 3 is 2.75 bits per heavy atom. The van der Waals surface area contributed by atoms with Crippen molar-refractivity contribution in [3.05, 3.63) is 53.8 Å². The first-order valence-electron chi connectivity index (χ1n) is 7.64. The van der Waals surface area contributed by atoms with Gasteiger partial charge in [0.2, 0.25) is 5.91 Å². The molecular weight excluding hydrogens is 311 g/mol. The van der Waals surface area contributed by atoms with Crippen molar-refractivity contribution in [2.45, 2.75) is 12.8 Å². The van der Waals surface area contributed by atoms with E-state index in [0.29, 0.717) is 24.4 Å². The second-order valence-corrected chi connectivity index (χ2v) is 5.50. The lowest BCUT2D eigenvalue weighted by Gasteiger charge is -2.17. The zero-order chi connectivity index (χ0) is 17.1. The first-order chi connectivity index (χ1) is 11.6. The number of benzene rings is 2. The van der Waals surface area contributed by atoms with E-state index in [4.69, 9.17) is 4.74 Å². The second-order valence-electron chi connectivity index (χ2n) is 5.50. The van der Waals surface area contributed by atoms with E-state index >= 15 is 0 Å². The van der Waals surface area contributed by atoms with Crippen molar-refractivity contribution < 1.29 is 18.7 Å². The molecule has 3 rings (SSSR count). The third-order valence-electron chi connectivity index (χ3n) is 3.91. The van der Waals surface area contributed by atoms with Gasteiger partial charge in [-0.1, -0.05) is 6.07 Å². The number of ether oxygens (including phenoxy) is 1. The number of hydrogen-bond donors (Lipinski definition) is 1. The molecule has 2 amide bonds. The van der Waals surface area contributed by atoms with E-state index in [1.807, 2.05) is 6.07 Å². The third-order valence-corrected chi connectivity index (χ3v) is 3.91. The molecule has 0 unspecified atom stereocenters. The summed E-state index contributed by atoms with van der Waals surface area (Å²) in [5.74, 6) is -0.795. The Bertz CT molecular complexity index is 792. The largest absolute Gasteiger partial charge is 0.497 e. The summed E-state index contributed by atoms with van der Waals surface area (Å²) in [6, 6.07) is 11.0. The highest BCUT2D eigenvalue weighted by atomic mass is 19.1. The Kier molecular flexibility index (Phi) is 4.46. The standard InChI is InChI=1S/C18H17FN2O3/c1-24-14-7-8-15(16(19)11-14)18(23)20-12-4-2-5-13(10-12)21-9-3-6-17(21)22/h2,4-5,7-8,10-11H,3,6,9H2,1H3,(H,20,23). The molecule has 124 valence electrons. The Morgan fingerprint density at radius 1 is 1.25 bits per heavy atom. The average molecular weight is 328 g/mol. The second kappa shape index (κ2) is 6.70. The van der Waals surface area contributed by atoms with Gasteiger partial charge in [-0.25, -0.2) is 4.39 Å². The van der Waals surface area contributed by atoms with Crippen LogP contribution in [-0.2, 0) is 4.79 Å². The van der Waals surface area contributed by atoms with E-state index in [9.17, 15) is 14.0 Å². The van der Waals surface area contributed by atoms with Crippen LogP contribution < -0.4 is 15.0 Å². The Labute approximate surface area is 139 Å². The Morgan fingerprint density at radius 2 is 2.08 bits per heavy atom. The smallest absolute Gasteiger partial charge is 0.258 e. The number of amides is 2. The summed E-state index contributed by atoms with van der Waals surface area (Å²) in [5.41, 5.74) is 1.16. The molecule has 0 spiro atoms. The molecule has 0 atom stereocenters.